The lowest BCUT2D eigenvalue weighted by atomic mass is 10.00. The predicted octanol–water partition coefficient (Wildman–Crippen LogP) is 6.14. The largest absolute Gasteiger partial charge is 0.271 e. The van der Waals surface area contributed by atoms with E-state index in [0.717, 1.165) is 21.5 Å². The summed E-state index contributed by atoms with van der Waals surface area (Å²) >= 11 is 9.65. The van der Waals surface area contributed by atoms with E-state index in [-0.39, 0.29) is 6.04 Å². The summed E-state index contributed by atoms with van der Waals surface area (Å²) in [6, 6.07) is 6.02. The smallest absolute Gasteiger partial charge is 0.0471 e. The maximum Gasteiger partial charge on any atom is 0.0471 e. The minimum atomic E-state index is 0.165. The summed E-state index contributed by atoms with van der Waals surface area (Å²) in [6.07, 6.45) is 11.7. The quantitative estimate of drug-likeness (QED) is 0.277. The summed E-state index contributed by atoms with van der Waals surface area (Å²) in [7, 11) is 0. The summed E-state index contributed by atoms with van der Waals surface area (Å²) < 4.78 is 1.06. The first-order valence-electron chi connectivity index (χ1n) is 8.10. The molecule has 0 aliphatic rings. The molecule has 0 spiro atoms. The van der Waals surface area contributed by atoms with Crippen molar-refractivity contribution in [2.24, 2.45) is 5.84 Å². The van der Waals surface area contributed by atoms with Gasteiger partial charge in [0.05, 0.1) is 0 Å². The Kier molecular flexibility index (Phi) is 10.4. The molecule has 0 heterocycles. The van der Waals surface area contributed by atoms with Gasteiger partial charge in [-0.3, -0.25) is 11.3 Å². The van der Waals surface area contributed by atoms with E-state index < -0.39 is 0 Å². The fourth-order valence-corrected chi connectivity index (χ4v) is 3.30. The Morgan fingerprint density at radius 2 is 1.71 bits per heavy atom. The Balaban J connectivity index is 2.27. The van der Waals surface area contributed by atoms with Crippen LogP contribution in [-0.4, -0.2) is 0 Å². The molecule has 0 radical (unpaired) electrons. The number of halogens is 2. The van der Waals surface area contributed by atoms with Crippen LogP contribution in [0, 0.1) is 0 Å². The summed E-state index contributed by atoms with van der Waals surface area (Å²) in [5.74, 6) is 5.71. The second-order valence-corrected chi connectivity index (χ2v) is 6.94. The van der Waals surface area contributed by atoms with Gasteiger partial charge in [-0.05, 0) is 30.2 Å². The van der Waals surface area contributed by atoms with Crippen LogP contribution in [0.25, 0.3) is 0 Å². The maximum absolute atomic E-state index is 6.07. The molecule has 120 valence electrons. The molecule has 1 rings (SSSR count). The third kappa shape index (κ3) is 7.64. The molecule has 0 bridgehead atoms. The molecule has 3 N–H and O–H groups in total. The molecule has 0 amide bonds. The maximum atomic E-state index is 6.07. The standard InChI is InChI=1S/C17H28BrClN2/c1-2-3-4-5-6-7-8-9-10-17(21-20)15-13-14(19)11-12-16(15)18/h11-13,17,21H,2-10,20H2,1H3. The van der Waals surface area contributed by atoms with Crippen LogP contribution in [0.15, 0.2) is 22.7 Å². The minimum absolute atomic E-state index is 0.165. The van der Waals surface area contributed by atoms with Crippen LogP contribution >= 0.6 is 27.5 Å². The van der Waals surface area contributed by atoms with Gasteiger partial charge in [0.1, 0.15) is 0 Å². The van der Waals surface area contributed by atoms with E-state index in [1.807, 2.05) is 18.2 Å². The predicted molar refractivity (Wildman–Crippen MR) is 96.4 cm³/mol. The topological polar surface area (TPSA) is 38.0 Å². The van der Waals surface area contributed by atoms with Crippen molar-refractivity contribution < 1.29 is 0 Å². The molecule has 0 saturated carbocycles. The fraction of sp³-hybridized carbons (Fsp3) is 0.647. The Hall–Kier alpha value is -0.0900. The van der Waals surface area contributed by atoms with E-state index >= 15 is 0 Å². The summed E-state index contributed by atoms with van der Waals surface area (Å²) in [5, 5.41) is 0.754. The fourth-order valence-electron chi connectivity index (χ4n) is 2.59. The molecule has 1 atom stereocenters. The van der Waals surface area contributed by atoms with E-state index in [1.54, 1.807) is 0 Å². The van der Waals surface area contributed by atoms with E-state index in [0.29, 0.717) is 0 Å². The SMILES string of the molecule is CCCCCCCCCCC(NN)c1cc(Cl)ccc1Br. The second-order valence-electron chi connectivity index (χ2n) is 5.65. The summed E-state index contributed by atoms with van der Waals surface area (Å²) in [6.45, 7) is 2.26. The summed E-state index contributed by atoms with van der Waals surface area (Å²) in [4.78, 5) is 0. The average molecular weight is 376 g/mol. The molecular formula is C17H28BrClN2. The number of unbranched alkanes of at least 4 members (excludes halogenated alkanes) is 7. The van der Waals surface area contributed by atoms with Gasteiger partial charge >= 0.3 is 0 Å². The van der Waals surface area contributed by atoms with Crippen LogP contribution in [-0.2, 0) is 0 Å². The molecule has 21 heavy (non-hydrogen) atoms. The normalized spacial score (nSPS) is 12.6. The zero-order valence-corrected chi connectivity index (χ0v) is 15.3. The Labute approximate surface area is 142 Å². The van der Waals surface area contributed by atoms with Crippen molar-refractivity contribution in [3.63, 3.8) is 0 Å². The van der Waals surface area contributed by atoms with Crippen molar-refractivity contribution >= 4 is 27.5 Å². The summed E-state index contributed by atoms with van der Waals surface area (Å²) in [5.41, 5.74) is 4.06. The Bertz CT molecular complexity index is 398. The number of nitrogens with one attached hydrogen (secondary N) is 1. The van der Waals surface area contributed by atoms with E-state index in [1.165, 1.54) is 51.4 Å². The van der Waals surface area contributed by atoms with Gasteiger partial charge in [0.2, 0.25) is 0 Å². The zero-order valence-electron chi connectivity index (χ0n) is 13.0. The molecular weight excluding hydrogens is 348 g/mol. The molecule has 0 saturated heterocycles. The lowest BCUT2D eigenvalue weighted by Crippen LogP contribution is -2.28. The van der Waals surface area contributed by atoms with Gasteiger partial charge < -0.3 is 0 Å². The number of hydrogen-bond acceptors (Lipinski definition) is 2. The van der Waals surface area contributed by atoms with Crippen LogP contribution in [0.3, 0.4) is 0 Å². The zero-order chi connectivity index (χ0) is 15.5. The molecule has 0 aromatic heterocycles. The van der Waals surface area contributed by atoms with Gasteiger partial charge in [-0.25, -0.2) is 0 Å². The molecule has 1 aromatic carbocycles. The van der Waals surface area contributed by atoms with Crippen LogP contribution < -0.4 is 11.3 Å². The highest BCUT2D eigenvalue weighted by atomic mass is 79.9. The molecule has 2 nitrogen and oxygen atoms in total. The van der Waals surface area contributed by atoms with Crippen molar-refractivity contribution in [1.82, 2.24) is 5.43 Å². The van der Waals surface area contributed by atoms with Gasteiger partial charge in [-0.1, -0.05) is 85.8 Å². The van der Waals surface area contributed by atoms with Gasteiger partial charge in [0.25, 0.3) is 0 Å². The van der Waals surface area contributed by atoms with Crippen LogP contribution in [0.4, 0.5) is 0 Å². The Morgan fingerprint density at radius 1 is 1.10 bits per heavy atom. The third-order valence-corrected chi connectivity index (χ3v) is 4.84. The number of rotatable bonds is 11. The van der Waals surface area contributed by atoms with Gasteiger partial charge in [0, 0.05) is 15.5 Å². The van der Waals surface area contributed by atoms with Crippen molar-refractivity contribution in [3.05, 3.63) is 33.3 Å². The van der Waals surface area contributed by atoms with E-state index in [9.17, 15) is 0 Å². The monoisotopic (exact) mass is 374 g/mol. The van der Waals surface area contributed by atoms with Crippen LogP contribution in [0.1, 0.15) is 76.3 Å². The van der Waals surface area contributed by atoms with Crippen molar-refractivity contribution in [2.45, 2.75) is 70.8 Å². The number of hydrazine groups is 1. The molecule has 0 aliphatic carbocycles. The number of benzene rings is 1. The van der Waals surface area contributed by atoms with Crippen molar-refractivity contribution in [1.29, 1.82) is 0 Å². The first kappa shape index (κ1) is 19.0. The van der Waals surface area contributed by atoms with Gasteiger partial charge in [-0.2, -0.15) is 0 Å². The molecule has 1 unspecified atom stereocenters. The van der Waals surface area contributed by atoms with E-state index in [4.69, 9.17) is 17.4 Å². The Morgan fingerprint density at radius 3 is 2.33 bits per heavy atom. The lowest BCUT2D eigenvalue weighted by molar-refractivity contribution is 0.474. The van der Waals surface area contributed by atoms with E-state index in [2.05, 4.69) is 28.3 Å². The second kappa shape index (κ2) is 11.5. The molecule has 0 fully saturated rings. The van der Waals surface area contributed by atoms with Crippen LogP contribution in [0.2, 0.25) is 5.02 Å². The molecule has 0 aliphatic heterocycles. The lowest BCUT2D eigenvalue weighted by Gasteiger charge is -2.18. The first-order valence-corrected chi connectivity index (χ1v) is 9.27. The third-order valence-electron chi connectivity index (χ3n) is 3.88. The average Bonchev–Trinajstić information content (AvgIpc) is 2.49. The highest BCUT2D eigenvalue weighted by Gasteiger charge is 2.13. The molecule has 4 heteroatoms. The van der Waals surface area contributed by atoms with Crippen molar-refractivity contribution in [2.75, 3.05) is 0 Å². The van der Waals surface area contributed by atoms with Gasteiger partial charge in [-0.15, -0.1) is 0 Å². The minimum Gasteiger partial charge on any atom is -0.271 e. The first-order chi connectivity index (χ1) is 10.2. The van der Waals surface area contributed by atoms with Crippen LogP contribution in [0.5, 0.6) is 0 Å². The highest BCUT2D eigenvalue weighted by molar-refractivity contribution is 9.10. The van der Waals surface area contributed by atoms with Crippen molar-refractivity contribution in [3.8, 4) is 0 Å². The highest BCUT2D eigenvalue weighted by Crippen LogP contribution is 2.29. The number of hydrogen-bond donors (Lipinski definition) is 2. The molecule has 1 aromatic rings. The van der Waals surface area contributed by atoms with Gasteiger partial charge in [0.15, 0.2) is 0 Å². The number of nitrogens with two attached hydrogens (primary N) is 1.